The van der Waals surface area contributed by atoms with Crippen LogP contribution in [-0.2, 0) is 12.8 Å². The highest BCUT2D eigenvalue weighted by molar-refractivity contribution is 6.30. The average molecular weight is 361 g/mol. The van der Waals surface area contributed by atoms with Gasteiger partial charge in [0, 0.05) is 25.4 Å². The number of benzene rings is 1. The lowest BCUT2D eigenvalue weighted by atomic mass is 10.1. The molecule has 3 rings (SSSR count). The Bertz CT molecular complexity index is 1020. The summed E-state index contributed by atoms with van der Waals surface area (Å²) < 4.78 is 15.3. The van der Waals surface area contributed by atoms with Crippen LogP contribution in [0.15, 0.2) is 41.5 Å². The largest absolute Gasteiger partial charge is 0.396 e. The maximum Gasteiger partial charge on any atom is 0.266 e. The zero-order valence-electron chi connectivity index (χ0n) is 13.1. The molecule has 3 aromatic rings. The third-order valence-electron chi connectivity index (χ3n) is 3.89. The SMILES string of the molecule is O=Cc1cc(CCO)c2ncc(Cc3cccc(Cl)c3F)cn2c1=O. The molecule has 0 bridgehead atoms. The molecule has 1 aromatic carbocycles. The van der Waals surface area contributed by atoms with E-state index in [4.69, 9.17) is 16.7 Å². The summed E-state index contributed by atoms with van der Waals surface area (Å²) in [5, 5.41) is 9.19. The van der Waals surface area contributed by atoms with Crippen molar-refractivity contribution in [2.45, 2.75) is 12.8 Å². The Kier molecular flexibility index (Phi) is 4.92. The van der Waals surface area contributed by atoms with Gasteiger partial charge in [0.2, 0.25) is 0 Å². The van der Waals surface area contributed by atoms with Gasteiger partial charge in [-0.1, -0.05) is 23.7 Å². The van der Waals surface area contributed by atoms with Crippen LogP contribution in [0, 0.1) is 5.82 Å². The van der Waals surface area contributed by atoms with Crippen molar-refractivity contribution in [3.8, 4) is 0 Å². The van der Waals surface area contributed by atoms with E-state index in [1.807, 2.05) is 0 Å². The highest BCUT2D eigenvalue weighted by atomic mass is 35.5. The van der Waals surface area contributed by atoms with Crippen LogP contribution < -0.4 is 5.56 Å². The molecule has 0 aliphatic heterocycles. The number of aromatic nitrogens is 2. The van der Waals surface area contributed by atoms with Gasteiger partial charge in [-0.3, -0.25) is 14.0 Å². The van der Waals surface area contributed by atoms with Crippen molar-refractivity contribution in [1.82, 2.24) is 9.38 Å². The molecule has 7 heteroatoms. The zero-order valence-corrected chi connectivity index (χ0v) is 13.8. The van der Waals surface area contributed by atoms with Crippen molar-refractivity contribution >= 4 is 23.5 Å². The number of nitrogens with zero attached hydrogens (tertiary/aromatic N) is 2. The zero-order chi connectivity index (χ0) is 18.0. The second-order valence-electron chi connectivity index (χ2n) is 5.57. The number of carbonyl (C=O) groups excluding carboxylic acids is 1. The number of aliphatic hydroxyl groups is 1. The van der Waals surface area contributed by atoms with Gasteiger partial charge in [0.05, 0.1) is 10.6 Å². The number of pyridine rings is 1. The summed E-state index contributed by atoms with van der Waals surface area (Å²) in [7, 11) is 0. The molecule has 5 nitrogen and oxygen atoms in total. The summed E-state index contributed by atoms with van der Waals surface area (Å²) in [6, 6.07) is 6.14. The first-order chi connectivity index (χ1) is 12.0. The molecule has 0 amide bonds. The Morgan fingerprint density at radius 1 is 1.32 bits per heavy atom. The highest BCUT2D eigenvalue weighted by Gasteiger charge is 2.12. The summed E-state index contributed by atoms with van der Waals surface area (Å²) in [6.07, 6.45) is 4.00. The minimum atomic E-state index is -0.515. The van der Waals surface area contributed by atoms with E-state index in [0.29, 0.717) is 28.6 Å². The van der Waals surface area contributed by atoms with Crippen LogP contribution in [0.3, 0.4) is 0 Å². The normalized spacial score (nSPS) is 11.0. The van der Waals surface area contributed by atoms with Gasteiger partial charge in [-0.05, 0) is 35.2 Å². The maximum absolute atomic E-state index is 14.1. The molecule has 0 fully saturated rings. The highest BCUT2D eigenvalue weighted by Crippen LogP contribution is 2.20. The van der Waals surface area contributed by atoms with Crippen molar-refractivity contribution in [1.29, 1.82) is 0 Å². The number of aliphatic hydroxyl groups excluding tert-OH is 1. The molecule has 0 atom stereocenters. The van der Waals surface area contributed by atoms with E-state index in [2.05, 4.69) is 4.98 Å². The van der Waals surface area contributed by atoms with Crippen molar-refractivity contribution in [2.75, 3.05) is 6.61 Å². The van der Waals surface area contributed by atoms with E-state index in [9.17, 15) is 14.0 Å². The minimum absolute atomic E-state index is 0.0196. The van der Waals surface area contributed by atoms with E-state index in [0.717, 1.165) is 0 Å². The van der Waals surface area contributed by atoms with E-state index in [1.165, 1.54) is 28.9 Å². The molecule has 0 saturated carbocycles. The Hall–Kier alpha value is -2.57. The second-order valence-corrected chi connectivity index (χ2v) is 5.97. The molecule has 0 spiro atoms. The smallest absolute Gasteiger partial charge is 0.266 e. The molecule has 128 valence electrons. The molecule has 0 radical (unpaired) electrons. The van der Waals surface area contributed by atoms with Crippen LogP contribution in [0.5, 0.6) is 0 Å². The Morgan fingerprint density at radius 2 is 2.12 bits per heavy atom. The fourth-order valence-electron chi connectivity index (χ4n) is 2.70. The van der Waals surface area contributed by atoms with Crippen molar-refractivity contribution < 1.29 is 14.3 Å². The van der Waals surface area contributed by atoms with Gasteiger partial charge in [0.25, 0.3) is 5.56 Å². The van der Waals surface area contributed by atoms with Crippen molar-refractivity contribution in [3.05, 3.63) is 80.1 Å². The van der Waals surface area contributed by atoms with Crippen LogP contribution in [0.1, 0.15) is 27.0 Å². The lowest BCUT2D eigenvalue weighted by Crippen LogP contribution is -2.21. The fraction of sp³-hybridized carbons (Fsp3) is 0.167. The third kappa shape index (κ3) is 3.31. The van der Waals surface area contributed by atoms with Gasteiger partial charge in [-0.2, -0.15) is 0 Å². The lowest BCUT2D eigenvalue weighted by Gasteiger charge is -2.10. The van der Waals surface area contributed by atoms with Crippen LogP contribution >= 0.6 is 11.6 Å². The standard InChI is InChI=1S/C18H14ClFN2O3/c19-15-3-1-2-12(16(15)20)6-11-8-21-17-13(4-5-23)7-14(10-24)18(25)22(17)9-11/h1-3,7-10,23H,4-6H2. The van der Waals surface area contributed by atoms with Crippen LogP contribution in [0.2, 0.25) is 5.02 Å². The molecular formula is C18H14ClFN2O3. The second kappa shape index (κ2) is 7.13. The summed E-state index contributed by atoms with van der Waals surface area (Å²) in [6.45, 7) is -0.136. The molecule has 0 aliphatic carbocycles. The van der Waals surface area contributed by atoms with Gasteiger partial charge in [0.1, 0.15) is 11.5 Å². The minimum Gasteiger partial charge on any atom is -0.396 e. The van der Waals surface area contributed by atoms with Gasteiger partial charge in [-0.25, -0.2) is 9.37 Å². The lowest BCUT2D eigenvalue weighted by molar-refractivity contribution is 0.112. The number of fused-ring (bicyclic) bond motifs is 1. The molecule has 0 aliphatic rings. The Balaban J connectivity index is 2.13. The monoisotopic (exact) mass is 360 g/mol. The fourth-order valence-corrected chi connectivity index (χ4v) is 2.89. The predicted molar refractivity (Wildman–Crippen MR) is 91.9 cm³/mol. The van der Waals surface area contributed by atoms with Gasteiger partial charge in [-0.15, -0.1) is 0 Å². The molecule has 0 saturated heterocycles. The summed E-state index contributed by atoms with van der Waals surface area (Å²) in [5.74, 6) is -0.515. The molecule has 2 aromatic heterocycles. The Morgan fingerprint density at radius 3 is 2.84 bits per heavy atom. The predicted octanol–water partition coefficient (Wildman–Crippen LogP) is 2.43. The van der Waals surface area contributed by atoms with Gasteiger partial charge in [0.15, 0.2) is 6.29 Å². The van der Waals surface area contributed by atoms with E-state index >= 15 is 0 Å². The first-order valence-electron chi connectivity index (χ1n) is 7.57. The number of rotatable bonds is 5. The number of carbonyl (C=O) groups is 1. The first-order valence-corrected chi connectivity index (χ1v) is 7.95. The number of hydrogen-bond acceptors (Lipinski definition) is 4. The first kappa shape index (κ1) is 17.3. The summed E-state index contributed by atoms with van der Waals surface area (Å²) >= 11 is 5.79. The molecule has 1 N–H and O–H groups in total. The molecule has 0 unspecified atom stereocenters. The number of halogens is 2. The van der Waals surface area contributed by atoms with E-state index in [-0.39, 0.29) is 30.0 Å². The summed E-state index contributed by atoms with van der Waals surface area (Å²) in [5.41, 5.74) is 1.39. The molecule has 25 heavy (non-hydrogen) atoms. The van der Waals surface area contributed by atoms with E-state index < -0.39 is 11.4 Å². The van der Waals surface area contributed by atoms with E-state index in [1.54, 1.807) is 12.1 Å². The van der Waals surface area contributed by atoms with Crippen molar-refractivity contribution in [2.24, 2.45) is 0 Å². The third-order valence-corrected chi connectivity index (χ3v) is 4.18. The van der Waals surface area contributed by atoms with Crippen LogP contribution in [0.4, 0.5) is 4.39 Å². The van der Waals surface area contributed by atoms with Crippen LogP contribution in [-0.4, -0.2) is 27.4 Å². The quantitative estimate of drug-likeness (QED) is 0.709. The number of hydrogen-bond donors (Lipinski definition) is 1. The average Bonchev–Trinajstić information content (AvgIpc) is 2.61. The molecule has 2 heterocycles. The summed E-state index contributed by atoms with van der Waals surface area (Å²) in [4.78, 5) is 27.8. The number of aldehydes is 1. The molecular weight excluding hydrogens is 347 g/mol. The van der Waals surface area contributed by atoms with Gasteiger partial charge < -0.3 is 5.11 Å². The Labute approximate surface area is 147 Å². The topological polar surface area (TPSA) is 71.7 Å². The maximum atomic E-state index is 14.1. The van der Waals surface area contributed by atoms with Gasteiger partial charge >= 0.3 is 0 Å². The van der Waals surface area contributed by atoms with Crippen molar-refractivity contribution in [3.63, 3.8) is 0 Å². The van der Waals surface area contributed by atoms with Crippen LogP contribution in [0.25, 0.3) is 5.65 Å².